The summed E-state index contributed by atoms with van der Waals surface area (Å²) in [6.07, 6.45) is 1.04. The van der Waals surface area contributed by atoms with Crippen molar-refractivity contribution < 1.29 is 13.2 Å². The molecular weight excluding hydrogens is 320 g/mol. The van der Waals surface area contributed by atoms with Crippen LogP contribution < -0.4 is 0 Å². The number of nitrogens with zero attached hydrogens (tertiary/aromatic N) is 2. The standard InChI is InChI=1S/C15H18N2O3S2/c1-17-12-9-22(19,20)10-13(12)21-15(17)16-14(18)8-7-11-5-3-2-4-6-11/h2-6,12-13H,7-10H2,1H3/t12-,13+/m1/s1. The van der Waals surface area contributed by atoms with Crippen molar-refractivity contribution in [2.75, 3.05) is 18.6 Å². The van der Waals surface area contributed by atoms with Gasteiger partial charge in [0.2, 0.25) is 5.91 Å². The molecule has 2 saturated heterocycles. The quantitative estimate of drug-likeness (QED) is 0.832. The first-order chi connectivity index (χ1) is 10.4. The summed E-state index contributed by atoms with van der Waals surface area (Å²) >= 11 is 1.42. The van der Waals surface area contributed by atoms with Crippen molar-refractivity contribution in [2.24, 2.45) is 4.99 Å². The van der Waals surface area contributed by atoms with Crippen molar-refractivity contribution >= 4 is 32.7 Å². The molecule has 2 atom stereocenters. The van der Waals surface area contributed by atoms with E-state index in [0.717, 1.165) is 5.56 Å². The van der Waals surface area contributed by atoms with Gasteiger partial charge in [0.15, 0.2) is 15.0 Å². The number of amidine groups is 1. The van der Waals surface area contributed by atoms with Gasteiger partial charge in [-0.2, -0.15) is 4.99 Å². The summed E-state index contributed by atoms with van der Waals surface area (Å²) in [5, 5.41) is 0.665. The largest absolute Gasteiger partial charge is 0.349 e. The number of benzene rings is 1. The van der Waals surface area contributed by atoms with Gasteiger partial charge in [0.05, 0.1) is 17.5 Å². The number of carbonyl (C=O) groups is 1. The van der Waals surface area contributed by atoms with Gasteiger partial charge in [-0.05, 0) is 12.0 Å². The zero-order chi connectivity index (χ0) is 15.7. The molecule has 5 nitrogen and oxygen atoms in total. The van der Waals surface area contributed by atoms with Crippen LogP contribution in [0.2, 0.25) is 0 Å². The summed E-state index contributed by atoms with van der Waals surface area (Å²) in [4.78, 5) is 18.0. The van der Waals surface area contributed by atoms with E-state index in [-0.39, 0.29) is 28.7 Å². The zero-order valence-electron chi connectivity index (χ0n) is 12.3. The third-order valence-corrected chi connectivity index (χ3v) is 7.32. The molecule has 3 rings (SSSR count). The monoisotopic (exact) mass is 338 g/mol. The fourth-order valence-electron chi connectivity index (χ4n) is 2.79. The predicted molar refractivity (Wildman–Crippen MR) is 88.8 cm³/mol. The summed E-state index contributed by atoms with van der Waals surface area (Å²) < 4.78 is 23.3. The highest BCUT2D eigenvalue weighted by molar-refractivity contribution is 8.15. The van der Waals surface area contributed by atoms with Crippen LogP contribution in [0.4, 0.5) is 0 Å². The van der Waals surface area contributed by atoms with Gasteiger partial charge in [-0.25, -0.2) is 8.42 Å². The molecule has 0 bridgehead atoms. The number of thioether (sulfide) groups is 1. The van der Waals surface area contributed by atoms with E-state index < -0.39 is 9.84 Å². The van der Waals surface area contributed by atoms with Gasteiger partial charge in [0.25, 0.3) is 0 Å². The number of sulfone groups is 1. The van der Waals surface area contributed by atoms with Crippen molar-refractivity contribution in [1.82, 2.24) is 4.90 Å². The van der Waals surface area contributed by atoms with Gasteiger partial charge >= 0.3 is 0 Å². The lowest BCUT2D eigenvalue weighted by Gasteiger charge is -2.17. The number of aryl methyl sites for hydroxylation is 1. The Morgan fingerprint density at radius 1 is 1.32 bits per heavy atom. The molecule has 0 aromatic heterocycles. The number of amides is 1. The third-order valence-electron chi connectivity index (χ3n) is 4.02. The smallest absolute Gasteiger partial charge is 0.248 e. The second-order valence-electron chi connectivity index (χ2n) is 5.69. The fraction of sp³-hybridized carbons (Fsp3) is 0.467. The summed E-state index contributed by atoms with van der Waals surface area (Å²) in [5.74, 6) is 0.198. The highest BCUT2D eigenvalue weighted by Crippen LogP contribution is 2.36. The number of hydrogen-bond donors (Lipinski definition) is 0. The third kappa shape index (κ3) is 3.35. The number of hydrogen-bond acceptors (Lipinski definition) is 4. The first-order valence-corrected chi connectivity index (χ1v) is 9.90. The number of carbonyl (C=O) groups excluding carboxylic acids is 1. The Morgan fingerprint density at radius 2 is 2.05 bits per heavy atom. The van der Waals surface area contributed by atoms with Gasteiger partial charge in [0, 0.05) is 18.7 Å². The van der Waals surface area contributed by atoms with Crippen molar-refractivity contribution in [2.45, 2.75) is 24.1 Å². The van der Waals surface area contributed by atoms with E-state index in [2.05, 4.69) is 4.99 Å². The van der Waals surface area contributed by atoms with E-state index in [1.54, 1.807) is 0 Å². The van der Waals surface area contributed by atoms with Crippen LogP contribution in [0.3, 0.4) is 0 Å². The lowest BCUT2D eigenvalue weighted by molar-refractivity contribution is -0.117. The lowest BCUT2D eigenvalue weighted by atomic mass is 10.1. The normalized spacial score (nSPS) is 28.0. The summed E-state index contributed by atoms with van der Waals surface area (Å²) in [7, 11) is -1.12. The number of rotatable bonds is 3. The molecule has 0 aliphatic carbocycles. The Labute approximate surface area is 134 Å². The van der Waals surface area contributed by atoms with Gasteiger partial charge in [-0.1, -0.05) is 42.1 Å². The average molecular weight is 338 g/mol. The van der Waals surface area contributed by atoms with Crippen LogP contribution in [0.1, 0.15) is 12.0 Å². The molecule has 1 aromatic carbocycles. The molecule has 118 valence electrons. The van der Waals surface area contributed by atoms with Crippen LogP contribution >= 0.6 is 11.8 Å². The Bertz CT molecular complexity index is 701. The van der Waals surface area contributed by atoms with E-state index in [4.69, 9.17) is 0 Å². The Kier molecular flexibility index (Phi) is 4.27. The SMILES string of the molecule is CN1C(=NC(=O)CCc2ccccc2)S[C@H]2CS(=O)(=O)C[C@H]21. The van der Waals surface area contributed by atoms with Crippen LogP contribution in [0.5, 0.6) is 0 Å². The minimum absolute atomic E-state index is 0.00988. The highest BCUT2D eigenvalue weighted by atomic mass is 32.2. The van der Waals surface area contributed by atoms with Gasteiger partial charge < -0.3 is 4.90 Å². The Balaban J connectivity index is 1.60. The summed E-state index contributed by atoms with van der Waals surface area (Å²) in [6.45, 7) is 0. The molecule has 0 saturated carbocycles. The fourth-order valence-corrected chi connectivity index (χ4v) is 6.81. The predicted octanol–water partition coefficient (Wildman–Crippen LogP) is 1.35. The molecule has 7 heteroatoms. The zero-order valence-corrected chi connectivity index (χ0v) is 13.9. The van der Waals surface area contributed by atoms with E-state index in [1.165, 1.54) is 11.8 Å². The topological polar surface area (TPSA) is 66.8 Å². The second kappa shape index (κ2) is 6.04. The maximum absolute atomic E-state index is 12.0. The van der Waals surface area contributed by atoms with Crippen LogP contribution in [0.15, 0.2) is 35.3 Å². The number of fused-ring (bicyclic) bond motifs is 1. The molecule has 22 heavy (non-hydrogen) atoms. The van der Waals surface area contributed by atoms with E-state index in [1.807, 2.05) is 42.3 Å². The average Bonchev–Trinajstić information content (AvgIpc) is 2.92. The van der Waals surface area contributed by atoms with Gasteiger partial charge in [-0.15, -0.1) is 0 Å². The van der Waals surface area contributed by atoms with Crippen LogP contribution in [-0.4, -0.2) is 54.2 Å². The van der Waals surface area contributed by atoms with Crippen molar-refractivity contribution in [3.63, 3.8) is 0 Å². The van der Waals surface area contributed by atoms with Crippen LogP contribution in [0, 0.1) is 0 Å². The maximum Gasteiger partial charge on any atom is 0.248 e. The molecule has 2 aliphatic heterocycles. The van der Waals surface area contributed by atoms with Gasteiger partial charge in [0.1, 0.15) is 0 Å². The maximum atomic E-state index is 12.0. The molecular formula is C15H18N2O3S2. The Hall–Kier alpha value is -1.34. The first kappa shape index (κ1) is 15.6. The molecule has 0 radical (unpaired) electrons. The molecule has 1 amide bonds. The molecule has 1 aromatic rings. The lowest BCUT2D eigenvalue weighted by Crippen LogP contribution is -2.34. The Morgan fingerprint density at radius 3 is 2.73 bits per heavy atom. The minimum Gasteiger partial charge on any atom is -0.349 e. The molecule has 2 aliphatic rings. The highest BCUT2D eigenvalue weighted by Gasteiger charge is 2.47. The van der Waals surface area contributed by atoms with E-state index in [0.29, 0.717) is 18.0 Å². The van der Waals surface area contributed by atoms with E-state index >= 15 is 0 Å². The molecule has 0 N–H and O–H groups in total. The first-order valence-electron chi connectivity index (χ1n) is 7.20. The van der Waals surface area contributed by atoms with Gasteiger partial charge in [-0.3, -0.25) is 4.79 Å². The van der Waals surface area contributed by atoms with Crippen molar-refractivity contribution in [1.29, 1.82) is 0 Å². The second-order valence-corrected chi connectivity index (χ2v) is 9.05. The molecule has 2 fully saturated rings. The van der Waals surface area contributed by atoms with Crippen LogP contribution in [-0.2, 0) is 21.1 Å². The molecule has 0 unspecified atom stereocenters. The van der Waals surface area contributed by atoms with Crippen molar-refractivity contribution in [3.8, 4) is 0 Å². The minimum atomic E-state index is -2.94. The van der Waals surface area contributed by atoms with Crippen LogP contribution in [0.25, 0.3) is 0 Å². The number of aliphatic imine (C=N–C) groups is 1. The molecule has 0 spiro atoms. The molecule has 2 heterocycles. The van der Waals surface area contributed by atoms with E-state index in [9.17, 15) is 13.2 Å². The summed E-state index contributed by atoms with van der Waals surface area (Å²) in [5.41, 5.74) is 1.12. The van der Waals surface area contributed by atoms with Crippen molar-refractivity contribution in [3.05, 3.63) is 35.9 Å². The summed E-state index contributed by atoms with van der Waals surface area (Å²) in [6, 6.07) is 9.79.